The van der Waals surface area contributed by atoms with Crippen LogP contribution >= 0.6 is 0 Å². The van der Waals surface area contributed by atoms with E-state index in [0.29, 0.717) is 32.4 Å². The van der Waals surface area contributed by atoms with Gasteiger partial charge in [0.25, 0.3) is 0 Å². The molecule has 1 aliphatic heterocycles. The lowest BCUT2D eigenvalue weighted by atomic mass is 9.83. The Morgan fingerprint density at radius 3 is 2.53 bits per heavy atom. The fourth-order valence-electron chi connectivity index (χ4n) is 2.54. The van der Waals surface area contributed by atoms with Crippen LogP contribution in [0.1, 0.15) is 52.4 Å². The summed E-state index contributed by atoms with van der Waals surface area (Å²) in [6.45, 7) is 5.05. The number of aliphatic carboxylic acids is 1. The van der Waals surface area contributed by atoms with E-state index < -0.39 is 11.4 Å². The highest BCUT2D eigenvalue weighted by atomic mass is 16.4. The quantitative estimate of drug-likeness (QED) is 0.776. The summed E-state index contributed by atoms with van der Waals surface area (Å²) < 4.78 is 0. The molecule has 0 radical (unpaired) electrons. The smallest absolute Gasteiger partial charge is 0.311 e. The van der Waals surface area contributed by atoms with Gasteiger partial charge in [-0.2, -0.15) is 0 Å². The Labute approximate surface area is 103 Å². The summed E-state index contributed by atoms with van der Waals surface area (Å²) in [6.07, 6.45) is 4.57. The minimum absolute atomic E-state index is 0.117. The second-order valence-electron chi connectivity index (χ2n) is 5.00. The SMILES string of the molecule is CCCCC(=O)N1CCC(CCC)(C(=O)O)C1. The van der Waals surface area contributed by atoms with Gasteiger partial charge >= 0.3 is 5.97 Å². The molecular formula is C13H23NO3. The minimum atomic E-state index is -0.745. The standard InChI is InChI=1S/C13H23NO3/c1-3-5-6-11(15)14-9-8-13(10-14,7-4-2)12(16)17/h3-10H2,1-2H3,(H,16,17). The first-order chi connectivity index (χ1) is 8.05. The molecule has 17 heavy (non-hydrogen) atoms. The molecule has 0 saturated carbocycles. The first kappa shape index (κ1) is 14.0. The van der Waals surface area contributed by atoms with Gasteiger partial charge in [-0.25, -0.2) is 0 Å². The van der Waals surface area contributed by atoms with E-state index in [1.165, 1.54) is 0 Å². The number of carbonyl (C=O) groups is 2. The molecule has 1 atom stereocenters. The summed E-state index contributed by atoms with van der Waals surface area (Å²) in [5.41, 5.74) is -0.684. The van der Waals surface area contributed by atoms with Gasteiger partial charge in [-0.1, -0.05) is 26.7 Å². The van der Waals surface area contributed by atoms with Gasteiger partial charge in [-0.05, 0) is 19.3 Å². The average molecular weight is 241 g/mol. The summed E-state index contributed by atoms with van der Waals surface area (Å²) in [6, 6.07) is 0. The van der Waals surface area contributed by atoms with Crippen LogP contribution in [0.15, 0.2) is 0 Å². The van der Waals surface area contributed by atoms with Gasteiger partial charge in [0.1, 0.15) is 0 Å². The third-order valence-electron chi connectivity index (χ3n) is 3.63. The van der Waals surface area contributed by atoms with E-state index >= 15 is 0 Å². The largest absolute Gasteiger partial charge is 0.481 e. The van der Waals surface area contributed by atoms with E-state index in [9.17, 15) is 14.7 Å². The van der Waals surface area contributed by atoms with Crippen molar-refractivity contribution in [2.45, 2.75) is 52.4 Å². The Morgan fingerprint density at radius 1 is 1.29 bits per heavy atom. The van der Waals surface area contributed by atoms with Crippen LogP contribution in [0.25, 0.3) is 0 Å². The van der Waals surface area contributed by atoms with Gasteiger partial charge < -0.3 is 10.0 Å². The zero-order valence-electron chi connectivity index (χ0n) is 10.9. The number of hydrogen-bond acceptors (Lipinski definition) is 2. The van der Waals surface area contributed by atoms with Crippen molar-refractivity contribution < 1.29 is 14.7 Å². The second-order valence-corrected chi connectivity index (χ2v) is 5.00. The number of likely N-dealkylation sites (tertiary alicyclic amines) is 1. The van der Waals surface area contributed by atoms with Crippen molar-refractivity contribution in [3.63, 3.8) is 0 Å². The summed E-state index contributed by atoms with van der Waals surface area (Å²) in [5, 5.41) is 9.33. The van der Waals surface area contributed by atoms with Gasteiger partial charge in [0.15, 0.2) is 0 Å². The Balaban J connectivity index is 2.60. The van der Waals surface area contributed by atoms with E-state index in [1.54, 1.807) is 4.90 Å². The lowest BCUT2D eigenvalue weighted by Crippen LogP contribution is -2.36. The lowest BCUT2D eigenvalue weighted by Gasteiger charge is -2.24. The summed E-state index contributed by atoms with van der Waals surface area (Å²) in [4.78, 5) is 24.9. The highest BCUT2D eigenvalue weighted by molar-refractivity contribution is 5.80. The molecule has 0 aromatic heterocycles. The molecule has 0 spiro atoms. The number of hydrogen-bond donors (Lipinski definition) is 1. The van der Waals surface area contributed by atoms with E-state index in [4.69, 9.17) is 0 Å². The second kappa shape index (κ2) is 6.03. The zero-order valence-corrected chi connectivity index (χ0v) is 10.9. The summed E-state index contributed by atoms with van der Waals surface area (Å²) >= 11 is 0. The average Bonchev–Trinajstić information content (AvgIpc) is 2.72. The number of rotatable bonds is 6. The molecule has 1 aliphatic rings. The molecule has 1 unspecified atom stereocenters. The van der Waals surface area contributed by atoms with Crippen molar-refractivity contribution in [2.75, 3.05) is 13.1 Å². The van der Waals surface area contributed by atoms with Gasteiger partial charge in [0.2, 0.25) is 5.91 Å². The number of carboxylic acids is 1. The number of unbranched alkanes of at least 4 members (excludes halogenated alkanes) is 1. The van der Waals surface area contributed by atoms with Crippen LogP contribution in [0.5, 0.6) is 0 Å². The fraction of sp³-hybridized carbons (Fsp3) is 0.846. The summed E-state index contributed by atoms with van der Waals surface area (Å²) in [7, 11) is 0. The van der Waals surface area contributed by atoms with Gasteiger partial charge in [-0.15, -0.1) is 0 Å². The monoisotopic (exact) mass is 241 g/mol. The van der Waals surface area contributed by atoms with Crippen molar-refractivity contribution in [3.8, 4) is 0 Å². The molecule has 1 heterocycles. The van der Waals surface area contributed by atoms with Crippen LogP contribution < -0.4 is 0 Å². The number of carboxylic acid groups (broad SMARTS) is 1. The third kappa shape index (κ3) is 3.20. The first-order valence-corrected chi connectivity index (χ1v) is 6.57. The highest BCUT2D eigenvalue weighted by Gasteiger charge is 2.45. The van der Waals surface area contributed by atoms with E-state index in [-0.39, 0.29) is 5.91 Å². The Hall–Kier alpha value is -1.06. The van der Waals surface area contributed by atoms with Crippen molar-refractivity contribution >= 4 is 11.9 Å². The van der Waals surface area contributed by atoms with Crippen LogP contribution in [0.3, 0.4) is 0 Å². The molecule has 0 aliphatic carbocycles. The topological polar surface area (TPSA) is 57.6 Å². The van der Waals surface area contributed by atoms with Crippen molar-refractivity contribution in [3.05, 3.63) is 0 Å². The molecule has 1 amide bonds. The molecule has 0 aromatic carbocycles. The predicted molar refractivity (Wildman–Crippen MR) is 65.7 cm³/mol. The lowest BCUT2D eigenvalue weighted by molar-refractivity contribution is -0.149. The van der Waals surface area contributed by atoms with Crippen LogP contribution in [-0.2, 0) is 9.59 Å². The zero-order chi connectivity index (χ0) is 12.9. The van der Waals surface area contributed by atoms with Gasteiger partial charge in [0.05, 0.1) is 5.41 Å². The molecule has 1 saturated heterocycles. The molecule has 0 bridgehead atoms. The van der Waals surface area contributed by atoms with E-state index in [2.05, 4.69) is 6.92 Å². The molecule has 1 rings (SSSR count). The maximum Gasteiger partial charge on any atom is 0.311 e. The van der Waals surface area contributed by atoms with Gasteiger partial charge in [0, 0.05) is 19.5 Å². The molecule has 0 aromatic rings. The Kier molecular flexibility index (Phi) is 4.97. The van der Waals surface area contributed by atoms with Crippen molar-refractivity contribution in [1.29, 1.82) is 0 Å². The number of carbonyl (C=O) groups excluding carboxylic acids is 1. The molecule has 1 fully saturated rings. The number of nitrogens with zero attached hydrogens (tertiary/aromatic N) is 1. The van der Waals surface area contributed by atoms with E-state index in [1.807, 2.05) is 6.92 Å². The van der Waals surface area contributed by atoms with Crippen LogP contribution in [-0.4, -0.2) is 35.0 Å². The Morgan fingerprint density at radius 2 is 2.00 bits per heavy atom. The van der Waals surface area contributed by atoms with Crippen LogP contribution in [0.2, 0.25) is 0 Å². The van der Waals surface area contributed by atoms with E-state index in [0.717, 1.165) is 19.3 Å². The predicted octanol–water partition coefficient (Wildman–Crippen LogP) is 2.28. The number of amides is 1. The molecule has 4 nitrogen and oxygen atoms in total. The molecular weight excluding hydrogens is 218 g/mol. The normalized spacial score (nSPS) is 24.0. The van der Waals surface area contributed by atoms with Crippen molar-refractivity contribution in [1.82, 2.24) is 4.90 Å². The maximum absolute atomic E-state index is 11.9. The van der Waals surface area contributed by atoms with Crippen LogP contribution in [0, 0.1) is 5.41 Å². The maximum atomic E-state index is 11.9. The molecule has 98 valence electrons. The van der Waals surface area contributed by atoms with Crippen LogP contribution in [0.4, 0.5) is 0 Å². The summed E-state index contributed by atoms with van der Waals surface area (Å²) in [5.74, 6) is -0.629. The molecule has 1 N–H and O–H groups in total. The highest BCUT2D eigenvalue weighted by Crippen LogP contribution is 2.35. The van der Waals surface area contributed by atoms with Crippen molar-refractivity contribution in [2.24, 2.45) is 5.41 Å². The third-order valence-corrected chi connectivity index (χ3v) is 3.63. The molecule has 4 heteroatoms. The Bertz CT molecular complexity index is 290. The first-order valence-electron chi connectivity index (χ1n) is 6.57. The minimum Gasteiger partial charge on any atom is -0.481 e. The fourth-order valence-corrected chi connectivity index (χ4v) is 2.54. The van der Waals surface area contributed by atoms with Gasteiger partial charge in [-0.3, -0.25) is 9.59 Å².